The summed E-state index contributed by atoms with van der Waals surface area (Å²) in [6, 6.07) is 7.95. The molecule has 4 aromatic heterocycles. The van der Waals surface area contributed by atoms with E-state index < -0.39 is 6.10 Å². The number of nitriles is 4. The van der Waals surface area contributed by atoms with Crippen LogP contribution >= 0.6 is 0 Å². The third kappa shape index (κ3) is 11.5. The lowest BCUT2D eigenvalue weighted by Gasteiger charge is -2.17. The number of rotatable bonds is 9. The molecule has 1 aliphatic rings. The van der Waals surface area contributed by atoms with Gasteiger partial charge in [0, 0.05) is 19.0 Å². The fraction of sp³-hybridized carbons (Fsp3) is 0.529. The number of hydrogen-bond donors (Lipinski definition) is 7. The molecule has 0 bridgehead atoms. The van der Waals surface area contributed by atoms with Crippen molar-refractivity contribution in [1.29, 1.82) is 21.0 Å². The van der Waals surface area contributed by atoms with Gasteiger partial charge in [-0.05, 0) is 44.4 Å². The van der Waals surface area contributed by atoms with Gasteiger partial charge in [-0.25, -0.2) is 9.36 Å². The molecule has 1 aliphatic carbocycles. The number of hydrogen-bond acceptors (Lipinski definition) is 13. The van der Waals surface area contributed by atoms with Gasteiger partial charge < -0.3 is 28.0 Å². The van der Waals surface area contributed by atoms with E-state index in [4.69, 9.17) is 49.1 Å². The average molecular weight is 699 g/mol. The van der Waals surface area contributed by atoms with Gasteiger partial charge in [0.05, 0.1) is 29.9 Å². The SMILES string of the molecule is CC(C)CCn1ncc(C#N)c1N.CC(O)c1[nH]nc(N)c1C#N.CC(c1[nH]nc(N)c1C#N)C1CCCC1.CCCCn1ncc(C#N)c1N. The Balaban J connectivity index is 0.000000237. The van der Waals surface area contributed by atoms with Crippen LogP contribution in [0.2, 0.25) is 0 Å². The molecular weight excluding hydrogens is 648 g/mol. The van der Waals surface area contributed by atoms with Crippen molar-refractivity contribution in [2.45, 2.75) is 105 Å². The van der Waals surface area contributed by atoms with Crippen molar-refractivity contribution < 1.29 is 5.11 Å². The van der Waals surface area contributed by atoms with Crippen LogP contribution in [0.4, 0.5) is 23.3 Å². The molecule has 0 saturated heterocycles. The first-order chi connectivity index (χ1) is 24.3. The molecule has 4 heterocycles. The lowest BCUT2D eigenvalue weighted by Crippen LogP contribution is -2.08. The van der Waals surface area contributed by atoms with Crippen LogP contribution in [0.15, 0.2) is 12.4 Å². The third-order valence-corrected chi connectivity index (χ3v) is 8.49. The zero-order chi connectivity index (χ0) is 38.1. The number of unbranched alkanes of at least 4 members (excludes halogenated alkanes) is 1. The van der Waals surface area contributed by atoms with Gasteiger partial charge in [0.25, 0.3) is 0 Å². The number of aliphatic hydroxyl groups is 1. The number of nitrogen functional groups attached to an aromatic ring is 4. The summed E-state index contributed by atoms with van der Waals surface area (Å²) < 4.78 is 3.35. The molecule has 1 saturated carbocycles. The van der Waals surface area contributed by atoms with Crippen molar-refractivity contribution in [2.75, 3.05) is 22.9 Å². The standard InChI is InChI=1S/C11H16N4.C9H14N4.C8H12N4.C6H8N4O/c1-7(8-4-2-3-5-8)10-9(6-12)11(13)15-14-10;1-7(2)3-4-13-9(11)8(5-10)6-12-13;1-2-3-4-12-8(10)7(5-9)6-11-12;1-3(11)5-4(2-7)6(8)10-9-5/h7-8H,2-5H2,1H3,(H3,13,14,15);6-7H,3-4,11H2,1-2H3;6H,2-4,10H2,1H3;3,11H,1H3,(H3,8,9,10). The molecular formula is C34H50N16O. The second kappa shape index (κ2) is 20.5. The second-order valence-corrected chi connectivity index (χ2v) is 12.6. The highest BCUT2D eigenvalue weighted by Gasteiger charge is 2.27. The number of aryl methyl sites for hydroxylation is 2. The molecule has 11 N–H and O–H groups in total. The van der Waals surface area contributed by atoms with Crippen LogP contribution in [0.1, 0.15) is 125 Å². The topological polar surface area (TPSA) is 312 Å². The number of H-pyrrole nitrogens is 2. The molecule has 17 heteroatoms. The van der Waals surface area contributed by atoms with Gasteiger partial charge in [-0.2, -0.15) is 41.4 Å². The van der Waals surface area contributed by atoms with Crippen LogP contribution in [0.25, 0.3) is 0 Å². The minimum atomic E-state index is -0.741. The summed E-state index contributed by atoms with van der Waals surface area (Å²) in [6.45, 7) is 11.7. The zero-order valence-electron chi connectivity index (χ0n) is 30.1. The number of nitrogens with zero attached hydrogens (tertiary/aromatic N) is 10. The summed E-state index contributed by atoms with van der Waals surface area (Å²) in [6.07, 6.45) is 10.6. The molecule has 2 atom stereocenters. The molecule has 4 aromatic rings. The maximum Gasteiger partial charge on any atom is 0.163 e. The van der Waals surface area contributed by atoms with Crippen molar-refractivity contribution in [3.63, 3.8) is 0 Å². The molecule has 5 rings (SSSR count). The Kier molecular flexibility index (Phi) is 16.5. The summed E-state index contributed by atoms with van der Waals surface area (Å²) in [5.74, 6) is 3.08. The minimum absolute atomic E-state index is 0.128. The van der Waals surface area contributed by atoms with Gasteiger partial charge in [0.1, 0.15) is 58.2 Å². The first-order valence-electron chi connectivity index (χ1n) is 16.9. The van der Waals surface area contributed by atoms with E-state index in [2.05, 4.69) is 64.4 Å². The Morgan fingerprint density at radius 1 is 0.784 bits per heavy atom. The van der Waals surface area contributed by atoms with Crippen molar-refractivity contribution in [3.8, 4) is 24.3 Å². The van der Waals surface area contributed by atoms with E-state index in [1.165, 1.54) is 45.0 Å². The number of aromatic nitrogens is 8. The van der Waals surface area contributed by atoms with Crippen LogP contribution in [0, 0.1) is 57.2 Å². The molecule has 0 amide bonds. The van der Waals surface area contributed by atoms with E-state index in [1.54, 1.807) is 9.36 Å². The predicted octanol–water partition coefficient (Wildman–Crippen LogP) is 4.59. The minimum Gasteiger partial charge on any atom is -0.387 e. The first kappa shape index (κ1) is 41.1. The second-order valence-electron chi connectivity index (χ2n) is 12.6. The molecule has 1 fully saturated rings. The molecule has 0 aliphatic heterocycles. The highest BCUT2D eigenvalue weighted by Crippen LogP contribution is 2.38. The van der Waals surface area contributed by atoms with Crippen molar-refractivity contribution >= 4 is 23.3 Å². The molecule has 17 nitrogen and oxygen atoms in total. The van der Waals surface area contributed by atoms with Crippen LogP contribution < -0.4 is 22.9 Å². The van der Waals surface area contributed by atoms with Gasteiger partial charge in [0.15, 0.2) is 11.6 Å². The first-order valence-corrected chi connectivity index (χ1v) is 16.9. The van der Waals surface area contributed by atoms with Crippen molar-refractivity contribution in [3.05, 3.63) is 46.0 Å². The Hall–Kier alpha value is -6.04. The Morgan fingerprint density at radius 2 is 1.25 bits per heavy atom. The summed E-state index contributed by atoms with van der Waals surface area (Å²) in [4.78, 5) is 0. The molecule has 272 valence electrons. The van der Waals surface area contributed by atoms with E-state index in [9.17, 15) is 0 Å². The maximum atomic E-state index is 9.07. The Labute approximate surface area is 298 Å². The zero-order valence-corrected chi connectivity index (χ0v) is 30.1. The molecule has 0 spiro atoms. The van der Waals surface area contributed by atoms with E-state index in [1.807, 2.05) is 18.2 Å². The monoisotopic (exact) mass is 698 g/mol. The van der Waals surface area contributed by atoms with Gasteiger partial charge in [0.2, 0.25) is 0 Å². The lowest BCUT2D eigenvalue weighted by atomic mass is 9.88. The molecule has 0 aromatic carbocycles. The number of nitrogens with one attached hydrogen (secondary N) is 2. The third-order valence-electron chi connectivity index (χ3n) is 8.49. The van der Waals surface area contributed by atoms with E-state index in [-0.39, 0.29) is 11.4 Å². The van der Waals surface area contributed by atoms with E-state index >= 15 is 0 Å². The summed E-state index contributed by atoms with van der Waals surface area (Å²) in [5, 5.41) is 64.7. The quantitative estimate of drug-likeness (QED) is 0.126. The largest absolute Gasteiger partial charge is 0.387 e. The van der Waals surface area contributed by atoms with Crippen molar-refractivity contribution in [1.82, 2.24) is 40.0 Å². The Bertz CT molecular complexity index is 1830. The predicted molar refractivity (Wildman–Crippen MR) is 194 cm³/mol. The normalized spacial score (nSPS) is 13.2. The fourth-order valence-corrected chi connectivity index (χ4v) is 5.31. The average Bonchev–Trinajstić information content (AvgIpc) is 3.96. The van der Waals surface area contributed by atoms with E-state index in [0.717, 1.165) is 38.0 Å². The summed E-state index contributed by atoms with van der Waals surface area (Å²) >= 11 is 0. The number of aliphatic hydroxyl groups excluding tert-OH is 1. The molecule has 51 heavy (non-hydrogen) atoms. The highest BCUT2D eigenvalue weighted by molar-refractivity contribution is 5.52. The van der Waals surface area contributed by atoms with Crippen LogP contribution in [-0.2, 0) is 13.1 Å². The maximum absolute atomic E-state index is 9.07. The number of nitrogens with two attached hydrogens (primary N) is 4. The van der Waals surface area contributed by atoms with Crippen LogP contribution in [-0.4, -0.2) is 45.1 Å². The molecule has 0 radical (unpaired) electrons. The molecule has 2 unspecified atom stereocenters. The number of anilines is 4. The van der Waals surface area contributed by atoms with Gasteiger partial charge in [-0.3, -0.25) is 10.2 Å². The number of aromatic amines is 2. The fourth-order valence-electron chi connectivity index (χ4n) is 5.31. The van der Waals surface area contributed by atoms with E-state index in [0.29, 0.717) is 57.6 Å². The van der Waals surface area contributed by atoms with Gasteiger partial charge in [-0.15, -0.1) is 0 Å². The van der Waals surface area contributed by atoms with Crippen molar-refractivity contribution in [2.24, 2.45) is 11.8 Å². The summed E-state index contributed by atoms with van der Waals surface area (Å²) in [5.41, 5.74) is 25.2. The highest BCUT2D eigenvalue weighted by atomic mass is 16.3. The van der Waals surface area contributed by atoms with Crippen LogP contribution in [0.5, 0.6) is 0 Å². The summed E-state index contributed by atoms with van der Waals surface area (Å²) in [7, 11) is 0. The Morgan fingerprint density at radius 3 is 1.65 bits per heavy atom. The van der Waals surface area contributed by atoms with Gasteiger partial charge >= 0.3 is 0 Å². The van der Waals surface area contributed by atoms with Gasteiger partial charge in [-0.1, -0.05) is 47.0 Å². The lowest BCUT2D eigenvalue weighted by molar-refractivity contribution is 0.194. The van der Waals surface area contributed by atoms with Crippen LogP contribution in [0.3, 0.4) is 0 Å². The smallest absolute Gasteiger partial charge is 0.163 e.